The van der Waals surface area contributed by atoms with Crippen LogP contribution in [0.2, 0.25) is 0 Å². The molecule has 1 aliphatic rings. The third-order valence-electron chi connectivity index (χ3n) is 2.39. The van der Waals surface area contributed by atoms with Gasteiger partial charge >= 0.3 is 5.97 Å². The molecule has 2 rings (SSSR count). The summed E-state index contributed by atoms with van der Waals surface area (Å²) >= 11 is 0. The van der Waals surface area contributed by atoms with Gasteiger partial charge in [0.05, 0.1) is 7.11 Å². The Morgan fingerprint density at radius 1 is 1.60 bits per heavy atom. The van der Waals surface area contributed by atoms with Gasteiger partial charge in [-0.05, 0) is 12.1 Å². The van der Waals surface area contributed by atoms with Gasteiger partial charge in [-0.3, -0.25) is 4.79 Å². The number of nitrogens with one attached hydrogen (secondary N) is 1. The van der Waals surface area contributed by atoms with Gasteiger partial charge in [0.25, 0.3) is 0 Å². The number of esters is 1. The first-order valence-electron chi connectivity index (χ1n) is 4.65. The van der Waals surface area contributed by atoms with Crippen LogP contribution in [0.25, 0.3) is 0 Å². The number of hydrogen-bond acceptors (Lipinski definition) is 4. The predicted molar refractivity (Wildman–Crippen MR) is 50.4 cm³/mol. The summed E-state index contributed by atoms with van der Waals surface area (Å²) in [6.07, 6.45) is 0.411. The van der Waals surface area contributed by atoms with Crippen LogP contribution in [0, 0.1) is 0 Å². The van der Waals surface area contributed by atoms with E-state index in [2.05, 4.69) is 10.1 Å². The largest absolute Gasteiger partial charge is 0.463 e. The van der Waals surface area contributed by atoms with E-state index in [9.17, 15) is 9.59 Å². The van der Waals surface area contributed by atoms with Gasteiger partial charge in [0.15, 0.2) is 0 Å². The highest BCUT2D eigenvalue weighted by atomic mass is 16.5. The molecule has 0 spiro atoms. The van der Waals surface area contributed by atoms with E-state index in [0.29, 0.717) is 18.7 Å². The molecule has 1 amide bonds. The molecule has 1 N–H and O–H groups in total. The zero-order valence-electron chi connectivity index (χ0n) is 8.28. The van der Waals surface area contributed by atoms with E-state index in [0.717, 1.165) is 0 Å². The molecule has 0 radical (unpaired) electrons. The van der Waals surface area contributed by atoms with Crippen molar-refractivity contribution < 1.29 is 18.7 Å². The Kier molecular flexibility index (Phi) is 2.45. The Bertz CT molecular complexity index is 396. The maximum Gasteiger partial charge on any atom is 0.373 e. The highest BCUT2D eigenvalue weighted by molar-refractivity contribution is 5.86. The highest BCUT2D eigenvalue weighted by Crippen LogP contribution is 2.24. The molecule has 1 atom stereocenters. The summed E-state index contributed by atoms with van der Waals surface area (Å²) in [5.74, 6) is 0.353. The van der Waals surface area contributed by atoms with Gasteiger partial charge in [0.2, 0.25) is 11.7 Å². The third-order valence-corrected chi connectivity index (χ3v) is 2.39. The minimum absolute atomic E-state index is 0.0102. The first-order chi connectivity index (χ1) is 7.20. The molecular formula is C10H11NO4. The fourth-order valence-corrected chi connectivity index (χ4v) is 1.59. The molecular weight excluding hydrogens is 198 g/mol. The topological polar surface area (TPSA) is 68.5 Å². The van der Waals surface area contributed by atoms with Crippen LogP contribution in [0.3, 0.4) is 0 Å². The molecule has 15 heavy (non-hydrogen) atoms. The second-order valence-electron chi connectivity index (χ2n) is 3.40. The second kappa shape index (κ2) is 3.76. The third kappa shape index (κ3) is 1.86. The molecule has 1 fully saturated rings. The Balaban J connectivity index is 2.13. The number of furan rings is 1. The van der Waals surface area contributed by atoms with Gasteiger partial charge in [-0.2, -0.15) is 0 Å². The molecule has 2 heterocycles. The minimum Gasteiger partial charge on any atom is -0.463 e. The van der Waals surface area contributed by atoms with E-state index in [-0.39, 0.29) is 17.6 Å². The SMILES string of the molecule is COC(=O)c1ccc(C2CNC(=O)C2)o1. The van der Waals surface area contributed by atoms with Gasteiger partial charge in [-0.15, -0.1) is 0 Å². The normalized spacial score (nSPS) is 20.1. The second-order valence-corrected chi connectivity index (χ2v) is 3.40. The Morgan fingerprint density at radius 2 is 2.40 bits per heavy atom. The number of carbonyl (C=O) groups excluding carboxylic acids is 2. The molecule has 0 aromatic carbocycles. The van der Waals surface area contributed by atoms with Gasteiger partial charge in [0, 0.05) is 18.9 Å². The van der Waals surface area contributed by atoms with E-state index in [1.807, 2.05) is 0 Å². The lowest BCUT2D eigenvalue weighted by molar-refractivity contribution is -0.119. The van der Waals surface area contributed by atoms with Gasteiger partial charge < -0.3 is 14.5 Å². The number of hydrogen-bond donors (Lipinski definition) is 1. The van der Waals surface area contributed by atoms with E-state index in [1.54, 1.807) is 12.1 Å². The van der Waals surface area contributed by atoms with Crippen LogP contribution in [0.5, 0.6) is 0 Å². The molecule has 1 aliphatic heterocycles. The van der Waals surface area contributed by atoms with Crippen molar-refractivity contribution in [1.82, 2.24) is 5.32 Å². The van der Waals surface area contributed by atoms with Crippen molar-refractivity contribution in [2.45, 2.75) is 12.3 Å². The number of carbonyl (C=O) groups is 2. The molecule has 5 heteroatoms. The molecule has 0 aliphatic carbocycles. The smallest absolute Gasteiger partial charge is 0.373 e. The molecule has 1 unspecified atom stereocenters. The van der Waals surface area contributed by atoms with E-state index in [1.165, 1.54) is 7.11 Å². The maximum atomic E-state index is 11.1. The fourth-order valence-electron chi connectivity index (χ4n) is 1.59. The van der Waals surface area contributed by atoms with Crippen LogP contribution < -0.4 is 5.32 Å². The maximum absolute atomic E-state index is 11.1. The monoisotopic (exact) mass is 209 g/mol. The van der Waals surface area contributed by atoms with Crippen molar-refractivity contribution in [3.8, 4) is 0 Å². The molecule has 1 aromatic heterocycles. The zero-order chi connectivity index (χ0) is 10.8. The zero-order valence-corrected chi connectivity index (χ0v) is 8.28. The van der Waals surface area contributed by atoms with Crippen molar-refractivity contribution >= 4 is 11.9 Å². The molecule has 1 saturated heterocycles. The van der Waals surface area contributed by atoms with Crippen molar-refractivity contribution in [3.05, 3.63) is 23.7 Å². The number of methoxy groups -OCH3 is 1. The summed E-state index contributed by atoms with van der Waals surface area (Å²) in [7, 11) is 1.30. The summed E-state index contributed by atoms with van der Waals surface area (Å²) in [5.41, 5.74) is 0. The number of ether oxygens (including phenoxy) is 1. The van der Waals surface area contributed by atoms with Crippen molar-refractivity contribution in [3.63, 3.8) is 0 Å². The lowest BCUT2D eigenvalue weighted by Gasteiger charge is -2.01. The lowest BCUT2D eigenvalue weighted by atomic mass is 10.1. The van der Waals surface area contributed by atoms with E-state index in [4.69, 9.17) is 4.42 Å². The minimum atomic E-state index is -0.501. The standard InChI is InChI=1S/C10H11NO4/c1-14-10(13)8-3-2-7(15-8)6-4-9(12)11-5-6/h2-3,6H,4-5H2,1H3,(H,11,12). The summed E-state index contributed by atoms with van der Waals surface area (Å²) in [5, 5.41) is 2.71. The Morgan fingerprint density at radius 3 is 3.00 bits per heavy atom. The van der Waals surface area contributed by atoms with Crippen LogP contribution in [0.1, 0.15) is 28.7 Å². The van der Waals surface area contributed by atoms with Crippen LogP contribution >= 0.6 is 0 Å². The number of rotatable bonds is 2. The predicted octanol–water partition coefficient (Wildman–Crippen LogP) is 0.670. The lowest BCUT2D eigenvalue weighted by Crippen LogP contribution is -2.13. The van der Waals surface area contributed by atoms with Crippen LogP contribution in [0.15, 0.2) is 16.5 Å². The van der Waals surface area contributed by atoms with Gasteiger partial charge in [-0.25, -0.2) is 4.79 Å². The Hall–Kier alpha value is -1.78. The molecule has 0 saturated carbocycles. The summed E-state index contributed by atoms with van der Waals surface area (Å²) in [4.78, 5) is 22.1. The van der Waals surface area contributed by atoms with Crippen LogP contribution in [-0.2, 0) is 9.53 Å². The van der Waals surface area contributed by atoms with Crippen LogP contribution in [-0.4, -0.2) is 25.5 Å². The van der Waals surface area contributed by atoms with E-state index < -0.39 is 5.97 Å². The average Bonchev–Trinajstić information content (AvgIpc) is 2.84. The molecule has 5 nitrogen and oxygen atoms in total. The van der Waals surface area contributed by atoms with Crippen molar-refractivity contribution in [2.75, 3.05) is 13.7 Å². The fraction of sp³-hybridized carbons (Fsp3) is 0.400. The molecule has 0 bridgehead atoms. The Labute approximate surface area is 86.4 Å². The first-order valence-corrected chi connectivity index (χ1v) is 4.65. The first kappa shape index (κ1) is 9.76. The summed E-state index contributed by atoms with van der Waals surface area (Å²) < 4.78 is 9.82. The average molecular weight is 209 g/mol. The molecule has 1 aromatic rings. The van der Waals surface area contributed by atoms with Crippen LogP contribution in [0.4, 0.5) is 0 Å². The molecule has 80 valence electrons. The van der Waals surface area contributed by atoms with Crippen molar-refractivity contribution in [2.24, 2.45) is 0 Å². The quantitative estimate of drug-likeness (QED) is 0.727. The highest BCUT2D eigenvalue weighted by Gasteiger charge is 2.26. The van der Waals surface area contributed by atoms with E-state index >= 15 is 0 Å². The van der Waals surface area contributed by atoms with Gasteiger partial charge in [-0.1, -0.05) is 0 Å². The summed E-state index contributed by atoms with van der Waals surface area (Å²) in [6.45, 7) is 0.562. The summed E-state index contributed by atoms with van der Waals surface area (Å²) in [6, 6.07) is 3.27. The number of amides is 1. The van der Waals surface area contributed by atoms with Gasteiger partial charge in [0.1, 0.15) is 5.76 Å². The van der Waals surface area contributed by atoms with Crippen molar-refractivity contribution in [1.29, 1.82) is 0 Å².